The maximum Gasteiger partial charge on any atom is 0.410 e. The molecular formula is C16H23N3O3. The normalized spacial score (nSPS) is 18.1. The summed E-state index contributed by atoms with van der Waals surface area (Å²) in [6.45, 7) is 6.63. The molecule has 0 bridgehead atoms. The molecule has 120 valence electrons. The van der Waals surface area contributed by atoms with E-state index in [2.05, 4.69) is 10.3 Å². The molecule has 1 unspecified atom stereocenters. The van der Waals surface area contributed by atoms with Gasteiger partial charge in [0.15, 0.2) is 0 Å². The molecular weight excluding hydrogens is 282 g/mol. The number of nitrogens with zero attached hydrogens (tertiary/aromatic N) is 2. The monoisotopic (exact) mass is 305 g/mol. The molecule has 1 aliphatic heterocycles. The van der Waals surface area contributed by atoms with Gasteiger partial charge in [-0.3, -0.25) is 9.78 Å². The van der Waals surface area contributed by atoms with Gasteiger partial charge in [-0.05, 0) is 45.7 Å². The Morgan fingerprint density at radius 2 is 2.23 bits per heavy atom. The van der Waals surface area contributed by atoms with Crippen molar-refractivity contribution in [2.75, 3.05) is 13.1 Å². The molecule has 2 amide bonds. The van der Waals surface area contributed by atoms with Crippen molar-refractivity contribution in [1.82, 2.24) is 15.2 Å². The van der Waals surface area contributed by atoms with E-state index in [4.69, 9.17) is 4.74 Å². The van der Waals surface area contributed by atoms with Crippen LogP contribution in [0.15, 0.2) is 24.5 Å². The van der Waals surface area contributed by atoms with Gasteiger partial charge < -0.3 is 15.0 Å². The van der Waals surface area contributed by atoms with Gasteiger partial charge in [-0.15, -0.1) is 0 Å². The molecule has 6 heteroatoms. The average Bonchev–Trinajstić information content (AvgIpc) is 2.92. The third kappa shape index (κ3) is 4.44. The molecule has 6 nitrogen and oxygen atoms in total. The van der Waals surface area contributed by atoms with Crippen LogP contribution in [0, 0.1) is 0 Å². The fourth-order valence-corrected chi connectivity index (χ4v) is 2.42. The molecule has 1 N–H and O–H groups in total. The minimum absolute atomic E-state index is 0.0181. The van der Waals surface area contributed by atoms with Crippen LogP contribution in [0.2, 0.25) is 0 Å². The van der Waals surface area contributed by atoms with Crippen LogP contribution in [0.3, 0.4) is 0 Å². The fourth-order valence-electron chi connectivity index (χ4n) is 2.42. The zero-order valence-electron chi connectivity index (χ0n) is 13.3. The first-order chi connectivity index (χ1) is 10.4. The second-order valence-electron chi connectivity index (χ2n) is 6.42. The van der Waals surface area contributed by atoms with E-state index in [1.54, 1.807) is 23.2 Å². The lowest BCUT2D eigenvalue weighted by Gasteiger charge is -2.28. The summed E-state index contributed by atoms with van der Waals surface area (Å²) in [5, 5.41) is 2.86. The van der Waals surface area contributed by atoms with Crippen LogP contribution in [0.5, 0.6) is 0 Å². The van der Waals surface area contributed by atoms with Crippen molar-refractivity contribution in [3.05, 3.63) is 30.1 Å². The predicted octanol–water partition coefficient (Wildman–Crippen LogP) is 2.21. The second-order valence-corrected chi connectivity index (χ2v) is 6.42. The van der Waals surface area contributed by atoms with Crippen molar-refractivity contribution in [3.63, 3.8) is 0 Å². The van der Waals surface area contributed by atoms with E-state index in [-0.39, 0.29) is 18.0 Å². The Labute approximate surface area is 130 Å². The van der Waals surface area contributed by atoms with E-state index in [9.17, 15) is 9.59 Å². The van der Waals surface area contributed by atoms with Gasteiger partial charge in [-0.1, -0.05) is 0 Å². The van der Waals surface area contributed by atoms with Crippen LogP contribution in [0.25, 0.3) is 0 Å². The van der Waals surface area contributed by atoms with Crippen molar-refractivity contribution in [2.45, 2.75) is 45.3 Å². The van der Waals surface area contributed by atoms with E-state index in [0.717, 1.165) is 12.8 Å². The van der Waals surface area contributed by atoms with Gasteiger partial charge in [-0.25, -0.2) is 4.79 Å². The number of hydrogen-bond acceptors (Lipinski definition) is 4. The summed E-state index contributed by atoms with van der Waals surface area (Å²) >= 11 is 0. The van der Waals surface area contributed by atoms with Gasteiger partial charge in [0.2, 0.25) is 0 Å². The molecule has 0 saturated carbocycles. The van der Waals surface area contributed by atoms with Crippen LogP contribution in [0.1, 0.15) is 44.0 Å². The standard InChI is InChI=1S/C16H23N3O3/c1-16(2,3)22-15(21)19-9-5-7-13(19)11-18-14(20)12-6-4-8-17-10-12/h4,6,8,10,13H,5,7,9,11H2,1-3H3,(H,18,20). The molecule has 1 atom stereocenters. The molecule has 1 aromatic rings. The van der Waals surface area contributed by atoms with Gasteiger partial charge in [0, 0.05) is 25.5 Å². The summed E-state index contributed by atoms with van der Waals surface area (Å²) in [4.78, 5) is 29.8. The highest BCUT2D eigenvalue weighted by atomic mass is 16.6. The minimum Gasteiger partial charge on any atom is -0.444 e. The van der Waals surface area contributed by atoms with Crippen LogP contribution >= 0.6 is 0 Å². The number of rotatable bonds is 3. The average molecular weight is 305 g/mol. The van der Waals surface area contributed by atoms with Crippen molar-refractivity contribution in [3.8, 4) is 0 Å². The number of hydrogen-bond donors (Lipinski definition) is 1. The molecule has 1 aromatic heterocycles. The molecule has 0 radical (unpaired) electrons. The highest BCUT2D eigenvalue weighted by Crippen LogP contribution is 2.20. The van der Waals surface area contributed by atoms with E-state index in [1.807, 2.05) is 20.8 Å². The Bertz CT molecular complexity index is 525. The minimum atomic E-state index is -0.511. The lowest BCUT2D eigenvalue weighted by atomic mass is 10.2. The fraction of sp³-hybridized carbons (Fsp3) is 0.562. The van der Waals surface area contributed by atoms with Crippen LogP contribution in [0.4, 0.5) is 4.79 Å². The molecule has 1 saturated heterocycles. The molecule has 1 fully saturated rings. The smallest absolute Gasteiger partial charge is 0.410 e. The van der Waals surface area contributed by atoms with Gasteiger partial charge >= 0.3 is 6.09 Å². The summed E-state index contributed by atoms with van der Waals surface area (Å²) in [5.41, 5.74) is 0.00715. The quantitative estimate of drug-likeness (QED) is 0.929. The molecule has 2 rings (SSSR count). The number of likely N-dealkylation sites (tertiary alicyclic amines) is 1. The van der Waals surface area contributed by atoms with Gasteiger partial charge in [0.05, 0.1) is 11.6 Å². The maximum absolute atomic E-state index is 12.2. The number of amides is 2. The number of carbonyl (C=O) groups is 2. The number of pyridine rings is 1. The Morgan fingerprint density at radius 1 is 1.45 bits per heavy atom. The first-order valence-corrected chi connectivity index (χ1v) is 7.54. The van der Waals surface area contributed by atoms with E-state index in [1.165, 1.54) is 6.20 Å². The first kappa shape index (κ1) is 16.3. The number of aromatic nitrogens is 1. The van der Waals surface area contributed by atoms with Crippen molar-refractivity contribution in [1.29, 1.82) is 0 Å². The van der Waals surface area contributed by atoms with Crippen molar-refractivity contribution >= 4 is 12.0 Å². The second kappa shape index (κ2) is 6.77. The molecule has 2 heterocycles. The SMILES string of the molecule is CC(C)(C)OC(=O)N1CCCC1CNC(=O)c1cccnc1. The zero-order valence-corrected chi connectivity index (χ0v) is 13.3. The Hall–Kier alpha value is -2.11. The summed E-state index contributed by atoms with van der Waals surface area (Å²) in [6, 6.07) is 3.41. The first-order valence-electron chi connectivity index (χ1n) is 7.54. The Morgan fingerprint density at radius 3 is 2.86 bits per heavy atom. The lowest BCUT2D eigenvalue weighted by molar-refractivity contribution is 0.0225. The Balaban J connectivity index is 1.89. The van der Waals surface area contributed by atoms with Gasteiger partial charge in [0.1, 0.15) is 5.60 Å². The Kier molecular flexibility index (Phi) is 5.00. The molecule has 0 aromatic carbocycles. The summed E-state index contributed by atoms with van der Waals surface area (Å²) < 4.78 is 5.41. The maximum atomic E-state index is 12.2. The van der Waals surface area contributed by atoms with Crippen molar-refractivity contribution < 1.29 is 14.3 Å². The van der Waals surface area contributed by atoms with E-state index >= 15 is 0 Å². The van der Waals surface area contributed by atoms with E-state index in [0.29, 0.717) is 18.7 Å². The van der Waals surface area contributed by atoms with Gasteiger partial charge in [-0.2, -0.15) is 0 Å². The lowest BCUT2D eigenvalue weighted by Crippen LogP contribution is -2.45. The molecule has 1 aliphatic rings. The van der Waals surface area contributed by atoms with Crippen LogP contribution in [-0.4, -0.2) is 46.6 Å². The summed E-state index contributed by atoms with van der Waals surface area (Å²) in [5.74, 6) is -0.177. The molecule has 22 heavy (non-hydrogen) atoms. The topological polar surface area (TPSA) is 71.5 Å². The predicted molar refractivity (Wildman–Crippen MR) is 82.5 cm³/mol. The third-order valence-electron chi connectivity index (χ3n) is 3.43. The highest BCUT2D eigenvalue weighted by Gasteiger charge is 2.32. The van der Waals surface area contributed by atoms with Crippen LogP contribution in [-0.2, 0) is 4.74 Å². The summed E-state index contributed by atoms with van der Waals surface area (Å²) in [6.07, 6.45) is 4.62. The number of ether oxygens (including phenoxy) is 1. The van der Waals surface area contributed by atoms with Gasteiger partial charge in [0.25, 0.3) is 5.91 Å². The number of nitrogens with one attached hydrogen (secondary N) is 1. The summed E-state index contributed by atoms with van der Waals surface area (Å²) in [7, 11) is 0. The molecule has 0 aliphatic carbocycles. The molecule has 0 spiro atoms. The number of carbonyl (C=O) groups excluding carboxylic acids is 2. The van der Waals surface area contributed by atoms with Crippen molar-refractivity contribution in [2.24, 2.45) is 0 Å². The third-order valence-corrected chi connectivity index (χ3v) is 3.43. The van der Waals surface area contributed by atoms with E-state index < -0.39 is 5.60 Å². The zero-order chi connectivity index (χ0) is 16.2. The largest absolute Gasteiger partial charge is 0.444 e. The highest BCUT2D eigenvalue weighted by molar-refractivity contribution is 5.93. The van der Waals surface area contributed by atoms with Crippen LogP contribution < -0.4 is 5.32 Å².